The molecule has 4 rings (SSSR count). The van der Waals surface area contributed by atoms with Crippen molar-refractivity contribution >= 4 is 27.5 Å². The summed E-state index contributed by atoms with van der Waals surface area (Å²) in [5, 5.41) is 10.3. The predicted octanol–water partition coefficient (Wildman–Crippen LogP) is 1.76. The summed E-state index contributed by atoms with van der Waals surface area (Å²) in [6.07, 6.45) is 5.04. The zero-order valence-electron chi connectivity index (χ0n) is 12.9. The van der Waals surface area contributed by atoms with E-state index in [9.17, 15) is 9.90 Å². The number of carbonyl (C=O) groups is 1. The minimum absolute atomic E-state index is 0.0198. The van der Waals surface area contributed by atoms with Gasteiger partial charge in [0.05, 0.1) is 27.5 Å². The number of rotatable bonds is 3. The molecular weight excluding hydrogens is 324 g/mol. The standard InChI is InChI=1S/C17H16N4O2S/c22-15-9-21(8-12(15)5-13-7-18-3-4-19-13)17(23)11-1-2-16-14(6-11)20-10-24-16/h1-4,6-7,10,12,15,22H,5,8-9H2/t12-,15-/m1/s1. The Morgan fingerprint density at radius 2 is 2.21 bits per heavy atom. The van der Waals surface area contributed by atoms with E-state index in [4.69, 9.17) is 0 Å². The van der Waals surface area contributed by atoms with E-state index >= 15 is 0 Å². The predicted molar refractivity (Wildman–Crippen MR) is 90.8 cm³/mol. The van der Waals surface area contributed by atoms with Gasteiger partial charge in [0, 0.05) is 43.2 Å². The van der Waals surface area contributed by atoms with Crippen molar-refractivity contribution in [1.82, 2.24) is 19.9 Å². The number of aliphatic hydroxyl groups is 1. The number of thiazole rings is 1. The van der Waals surface area contributed by atoms with Crippen molar-refractivity contribution in [2.45, 2.75) is 12.5 Å². The SMILES string of the molecule is O=C(c1ccc2scnc2c1)N1C[C@@H](Cc2cnccn2)[C@H](O)C1. The summed E-state index contributed by atoms with van der Waals surface area (Å²) < 4.78 is 1.06. The van der Waals surface area contributed by atoms with Gasteiger partial charge >= 0.3 is 0 Å². The number of amides is 1. The average molecular weight is 340 g/mol. The van der Waals surface area contributed by atoms with E-state index in [1.807, 2.05) is 18.2 Å². The van der Waals surface area contributed by atoms with E-state index in [-0.39, 0.29) is 11.8 Å². The van der Waals surface area contributed by atoms with Crippen molar-refractivity contribution in [2.75, 3.05) is 13.1 Å². The lowest BCUT2D eigenvalue weighted by Gasteiger charge is -2.16. The molecule has 24 heavy (non-hydrogen) atoms. The summed E-state index contributed by atoms with van der Waals surface area (Å²) in [7, 11) is 0. The van der Waals surface area contributed by atoms with Gasteiger partial charge < -0.3 is 10.0 Å². The average Bonchev–Trinajstić information content (AvgIpc) is 3.21. The van der Waals surface area contributed by atoms with Crippen molar-refractivity contribution in [2.24, 2.45) is 5.92 Å². The third-order valence-corrected chi connectivity index (χ3v) is 5.17. The molecule has 7 heteroatoms. The molecule has 1 amide bonds. The molecule has 0 bridgehead atoms. The second-order valence-electron chi connectivity index (χ2n) is 5.97. The van der Waals surface area contributed by atoms with Crippen LogP contribution >= 0.6 is 11.3 Å². The highest BCUT2D eigenvalue weighted by molar-refractivity contribution is 7.16. The number of hydrogen-bond donors (Lipinski definition) is 1. The molecule has 0 saturated carbocycles. The van der Waals surface area contributed by atoms with Gasteiger partial charge in [-0.2, -0.15) is 0 Å². The van der Waals surface area contributed by atoms with Gasteiger partial charge in [-0.1, -0.05) is 0 Å². The van der Waals surface area contributed by atoms with E-state index in [1.54, 1.807) is 40.3 Å². The second-order valence-corrected chi connectivity index (χ2v) is 6.86. The first kappa shape index (κ1) is 15.2. The summed E-state index contributed by atoms with van der Waals surface area (Å²) in [6, 6.07) is 5.56. The number of likely N-dealkylation sites (tertiary alicyclic amines) is 1. The summed E-state index contributed by atoms with van der Waals surface area (Å²) >= 11 is 1.55. The number of hydrogen-bond acceptors (Lipinski definition) is 6. The summed E-state index contributed by atoms with van der Waals surface area (Å²) in [5.41, 5.74) is 4.05. The molecule has 1 aliphatic rings. The first-order valence-corrected chi connectivity index (χ1v) is 8.64. The van der Waals surface area contributed by atoms with Gasteiger partial charge in [0.1, 0.15) is 0 Å². The maximum atomic E-state index is 12.7. The van der Waals surface area contributed by atoms with Crippen molar-refractivity contribution < 1.29 is 9.90 Å². The quantitative estimate of drug-likeness (QED) is 0.786. The van der Waals surface area contributed by atoms with Crippen molar-refractivity contribution in [3.63, 3.8) is 0 Å². The second kappa shape index (κ2) is 6.26. The Bertz CT molecular complexity index is 867. The van der Waals surface area contributed by atoms with E-state index < -0.39 is 6.10 Å². The Balaban J connectivity index is 1.49. The topological polar surface area (TPSA) is 79.2 Å². The third-order valence-electron chi connectivity index (χ3n) is 4.36. The molecule has 1 saturated heterocycles. The van der Waals surface area contributed by atoms with Crippen LogP contribution in [-0.4, -0.2) is 50.1 Å². The van der Waals surface area contributed by atoms with Crippen molar-refractivity contribution in [3.05, 3.63) is 53.6 Å². The highest BCUT2D eigenvalue weighted by atomic mass is 32.1. The van der Waals surface area contributed by atoms with Crippen LogP contribution in [0.15, 0.2) is 42.3 Å². The molecule has 122 valence electrons. The van der Waals surface area contributed by atoms with E-state index in [0.717, 1.165) is 15.9 Å². The van der Waals surface area contributed by atoms with Crippen LogP contribution in [0.5, 0.6) is 0 Å². The number of nitrogens with zero attached hydrogens (tertiary/aromatic N) is 4. The molecule has 3 heterocycles. The fourth-order valence-corrected chi connectivity index (χ4v) is 3.76. The van der Waals surface area contributed by atoms with Gasteiger partial charge in [-0.25, -0.2) is 4.98 Å². The van der Waals surface area contributed by atoms with Crippen molar-refractivity contribution in [3.8, 4) is 0 Å². The Labute approximate surface area is 142 Å². The maximum absolute atomic E-state index is 12.7. The Morgan fingerprint density at radius 3 is 3.04 bits per heavy atom. The minimum atomic E-state index is -0.543. The van der Waals surface area contributed by atoms with Crippen LogP contribution < -0.4 is 0 Å². The van der Waals surface area contributed by atoms with E-state index in [0.29, 0.717) is 25.1 Å². The molecule has 1 aromatic carbocycles. The van der Waals surface area contributed by atoms with Gasteiger partial charge in [0.2, 0.25) is 0 Å². The molecule has 2 atom stereocenters. The molecule has 0 unspecified atom stereocenters. The monoisotopic (exact) mass is 340 g/mol. The van der Waals surface area contributed by atoms with Gasteiger partial charge in [0.15, 0.2) is 0 Å². The smallest absolute Gasteiger partial charge is 0.254 e. The van der Waals surface area contributed by atoms with Crippen LogP contribution in [0.1, 0.15) is 16.1 Å². The largest absolute Gasteiger partial charge is 0.391 e. The summed E-state index contributed by atoms with van der Waals surface area (Å²) in [6.45, 7) is 0.866. The van der Waals surface area contributed by atoms with Crippen LogP contribution in [0.25, 0.3) is 10.2 Å². The Kier molecular flexibility index (Phi) is 3.95. The number of fused-ring (bicyclic) bond motifs is 1. The highest BCUT2D eigenvalue weighted by Gasteiger charge is 2.34. The third kappa shape index (κ3) is 2.88. The zero-order valence-corrected chi connectivity index (χ0v) is 13.7. The van der Waals surface area contributed by atoms with Crippen LogP contribution in [0.2, 0.25) is 0 Å². The van der Waals surface area contributed by atoms with Crippen LogP contribution in [0.4, 0.5) is 0 Å². The van der Waals surface area contributed by atoms with Gasteiger partial charge in [-0.05, 0) is 24.6 Å². The van der Waals surface area contributed by atoms with Crippen LogP contribution in [0, 0.1) is 5.92 Å². The Hall–Kier alpha value is -2.38. The van der Waals surface area contributed by atoms with E-state index in [1.165, 1.54) is 0 Å². The fraction of sp³-hybridized carbons (Fsp3) is 0.294. The molecule has 0 spiro atoms. The summed E-state index contributed by atoms with van der Waals surface area (Å²) in [5.74, 6) is -0.0840. The lowest BCUT2D eigenvalue weighted by molar-refractivity contribution is 0.0765. The van der Waals surface area contributed by atoms with Crippen LogP contribution in [-0.2, 0) is 6.42 Å². The van der Waals surface area contributed by atoms with E-state index in [2.05, 4.69) is 15.0 Å². The van der Waals surface area contributed by atoms with Crippen LogP contribution in [0.3, 0.4) is 0 Å². The molecule has 0 aliphatic carbocycles. The molecule has 2 aromatic heterocycles. The van der Waals surface area contributed by atoms with Crippen molar-refractivity contribution in [1.29, 1.82) is 0 Å². The lowest BCUT2D eigenvalue weighted by atomic mass is 10.0. The van der Waals surface area contributed by atoms with Gasteiger partial charge in [-0.3, -0.25) is 14.8 Å². The summed E-state index contributed by atoms with van der Waals surface area (Å²) in [4.78, 5) is 27.0. The fourth-order valence-electron chi connectivity index (χ4n) is 3.10. The first-order chi connectivity index (χ1) is 11.7. The zero-order chi connectivity index (χ0) is 16.5. The molecule has 1 fully saturated rings. The number of aliphatic hydroxyl groups excluding tert-OH is 1. The van der Waals surface area contributed by atoms with Gasteiger partial charge in [0.25, 0.3) is 5.91 Å². The first-order valence-electron chi connectivity index (χ1n) is 7.76. The lowest BCUT2D eigenvalue weighted by Crippen LogP contribution is -2.29. The minimum Gasteiger partial charge on any atom is -0.391 e. The maximum Gasteiger partial charge on any atom is 0.254 e. The Morgan fingerprint density at radius 1 is 1.29 bits per heavy atom. The molecule has 1 N–H and O–H groups in total. The highest BCUT2D eigenvalue weighted by Crippen LogP contribution is 2.24. The number of β-amino-alcohol motifs (C(OH)–C–C–N with tert-alkyl or cyclic N) is 1. The normalized spacial score (nSPS) is 20.6. The number of benzene rings is 1. The molecule has 1 aliphatic heterocycles. The molecule has 3 aromatic rings. The molecular formula is C17H16N4O2S. The number of aromatic nitrogens is 3. The van der Waals surface area contributed by atoms with Gasteiger partial charge in [-0.15, -0.1) is 11.3 Å². The molecule has 0 radical (unpaired) electrons. The number of carbonyl (C=O) groups excluding carboxylic acids is 1. The molecule has 6 nitrogen and oxygen atoms in total.